The first-order chi connectivity index (χ1) is 11.6. The van der Waals surface area contributed by atoms with Gasteiger partial charge in [0.2, 0.25) is 0 Å². The standard InChI is InChI=1S/C20H19FN2S/c1-14(18-8-4-6-16-5-2-3-7-19(16)18)23-20(24)22-13-15-9-11-17(21)12-10-15/h2-12,14H,13H2,1H3,(H2,22,23,24)/t14-/m0/s1. The predicted octanol–water partition coefficient (Wildman–Crippen LogP) is 4.70. The number of hydrogen-bond donors (Lipinski definition) is 2. The quantitative estimate of drug-likeness (QED) is 0.674. The summed E-state index contributed by atoms with van der Waals surface area (Å²) in [7, 11) is 0. The van der Waals surface area contributed by atoms with E-state index in [2.05, 4.69) is 47.9 Å². The molecule has 0 aliphatic carbocycles. The highest BCUT2D eigenvalue weighted by Crippen LogP contribution is 2.23. The number of thiocarbonyl (C=S) groups is 1. The molecule has 122 valence electrons. The van der Waals surface area contributed by atoms with Crippen molar-refractivity contribution in [2.24, 2.45) is 0 Å². The first-order valence-electron chi connectivity index (χ1n) is 7.90. The van der Waals surface area contributed by atoms with E-state index in [1.54, 1.807) is 12.1 Å². The fourth-order valence-corrected chi connectivity index (χ4v) is 2.99. The van der Waals surface area contributed by atoms with Crippen molar-refractivity contribution in [3.63, 3.8) is 0 Å². The average molecular weight is 338 g/mol. The highest BCUT2D eigenvalue weighted by molar-refractivity contribution is 7.80. The number of rotatable bonds is 4. The fraction of sp³-hybridized carbons (Fsp3) is 0.150. The average Bonchev–Trinajstić information content (AvgIpc) is 2.60. The summed E-state index contributed by atoms with van der Waals surface area (Å²) >= 11 is 5.38. The molecule has 2 nitrogen and oxygen atoms in total. The van der Waals surface area contributed by atoms with Gasteiger partial charge in [0.25, 0.3) is 0 Å². The van der Waals surface area contributed by atoms with Crippen LogP contribution in [0.4, 0.5) is 4.39 Å². The van der Waals surface area contributed by atoms with E-state index in [0.29, 0.717) is 11.7 Å². The maximum Gasteiger partial charge on any atom is 0.167 e. The van der Waals surface area contributed by atoms with Crippen LogP contribution in [0.3, 0.4) is 0 Å². The molecular formula is C20H19FN2S. The van der Waals surface area contributed by atoms with Gasteiger partial charge in [-0.3, -0.25) is 0 Å². The summed E-state index contributed by atoms with van der Waals surface area (Å²) in [5.74, 6) is -0.232. The molecular weight excluding hydrogens is 319 g/mol. The molecule has 0 radical (unpaired) electrons. The van der Waals surface area contributed by atoms with E-state index < -0.39 is 0 Å². The van der Waals surface area contributed by atoms with Crippen molar-refractivity contribution in [3.8, 4) is 0 Å². The summed E-state index contributed by atoms with van der Waals surface area (Å²) in [4.78, 5) is 0. The van der Waals surface area contributed by atoms with Crippen LogP contribution in [0.2, 0.25) is 0 Å². The van der Waals surface area contributed by atoms with Crippen LogP contribution in [-0.2, 0) is 6.54 Å². The Morgan fingerprint density at radius 3 is 2.50 bits per heavy atom. The molecule has 1 atom stereocenters. The van der Waals surface area contributed by atoms with E-state index in [4.69, 9.17) is 12.2 Å². The monoisotopic (exact) mass is 338 g/mol. The smallest absolute Gasteiger partial charge is 0.167 e. The molecule has 0 heterocycles. The molecule has 0 fully saturated rings. The van der Waals surface area contributed by atoms with Gasteiger partial charge in [-0.05, 0) is 53.2 Å². The van der Waals surface area contributed by atoms with E-state index in [-0.39, 0.29) is 11.9 Å². The van der Waals surface area contributed by atoms with Gasteiger partial charge >= 0.3 is 0 Å². The molecule has 0 spiro atoms. The Bertz CT molecular complexity index is 840. The topological polar surface area (TPSA) is 24.1 Å². The maximum absolute atomic E-state index is 12.9. The zero-order chi connectivity index (χ0) is 16.9. The molecule has 3 aromatic rings. The van der Waals surface area contributed by atoms with E-state index in [1.807, 2.05) is 12.1 Å². The van der Waals surface area contributed by atoms with Crippen LogP contribution in [0.15, 0.2) is 66.7 Å². The summed E-state index contributed by atoms with van der Waals surface area (Å²) in [6.07, 6.45) is 0. The van der Waals surface area contributed by atoms with E-state index in [9.17, 15) is 4.39 Å². The van der Waals surface area contributed by atoms with Gasteiger partial charge in [-0.25, -0.2) is 4.39 Å². The highest BCUT2D eigenvalue weighted by atomic mass is 32.1. The van der Waals surface area contributed by atoms with Crippen LogP contribution in [-0.4, -0.2) is 5.11 Å². The van der Waals surface area contributed by atoms with Crippen molar-refractivity contribution in [1.29, 1.82) is 0 Å². The zero-order valence-electron chi connectivity index (χ0n) is 13.4. The first kappa shape index (κ1) is 16.4. The lowest BCUT2D eigenvalue weighted by Crippen LogP contribution is -2.36. The SMILES string of the molecule is C[C@H](NC(=S)NCc1ccc(F)cc1)c1cccc2ccccc12. The van der Waals surface area contributed by atoms with E-state index >= 15 is 0 Å². The molecule has 3 rings (SSSR count). The Morgan fingerprint density at radius 2 is 1.71 bits per heavy atom. The second-order valence-electron chi connectivity index (χ2n) is 5.74. The molecule has 0 aliphatic heterocycles. The number of benzene rings is 3. The van der Waals surface area contributed by atoms with Crippen LogP contribution < -0.4 is 10.6 Å². The third kappa shape index (κ3) is 3.89. The molecule has 0 aromatic heterocycles. The van der Waals surface area contributed by atoms with Gasteiger partial charge in [-0.15, -0.1) is 0 Å². The lowest BCUT2D eigenvalue weighted by molar-refractivity contribution is 0.626. The molecule has 0 saturated carbocycles. The molecule has 0 amide bonds. The summed E-state index contributed by atoms with van der Waals surface area (Å²) in [5, 5.41) is 9.50. The summed E-state index contributed by atoms with van der Waals surface area (Å²) in [5.41, 5.74) is 2.19. The number of fused-ring (bicyclic) bond motifs is 1. The number of halogens is 1. The van der Waals surface area contributed by atoms with Crippen LogP contribution in [0.25, 0.3) is 10.8 Å². The van der Waals surface area contributed by atoms with Crippen LogP contribution in [0, 0.1) is 5.82 Å². The third-order valence-corrected chi connectivity index (χ3v) is 4.27. The van der Waals surface area contributed by atoms with Gasteiger partial charge < -0.3 is 10.6 Å². The van der Waals surface area contributed by atoms with Gasteiger partial charge in [-0.2, -0.15) is 0 Å². The molecule has 0 bridgehead atoms. The lowest BCUT2D eigenvalue weighted by atomic mass is 10.00. The Hall–Kier alpha value is -2.46. The number of nitrogens with one attached hydrogen (secondary N) is 2. The summed E-state index contributed by atoms with van der Waals surface area (Å²) < 4.78 is 12.9. The van der Waals surface area contributed by atoms with Crippen molar-refractivity contribution in [3.05, 3.63) is 83.7 Å². The summed E-state index contributed by atoms with van der Waals surface area (Å²) in [6.45, 7) is 2.65. The van der Waals surface area contributed by atoms with Crippen molar-refractivity contribution in [2.75, 3.05) is 0 Å². The molecule has 0 unspecified atom stereocenters. The molecule has 0 aliphatic rings. The van der Waals surface area contributed by atoms with Crippen LogP contribution in [0.5, 0.6) is 0 Å². The second kappa shape index (κ2) is 7.41. The van der Waals surface area contributed by atoms with E-state index in [1.165, 1.54) is 28.5 Å². The van der Waals surface area contributed by atoms with Crippen LogP contribution >= 0.6 is 12.2 Å². The fourth-order valence-electron chi connectivity index (χ4n) is 2.74. The molecule has 0 saturated heterocycles. The maximum atomic E-state index is 12.9. The Balaban J connectivity index is 1.64. The molecule has 24 heavy (non-hydrogen) atoms. The second-order valence-corrected chi connectivity index (χ2v) is 6.15. The van der Waals surface area contributed by atoms with E-state index in [0.717, 1.165) is 5.56 Å². The normalized spacial score (nSPS) is 11.9. The Kier molecular flexibility index (Phi) is 5.06. The predicted molar refractivity (Wildman–Crippen MR) is 101 cm³/mol. The van der Waals surface area contributed by atoms with Gasteiger partial charge in [0.05, 0.1) is 6.04 Å². The van der Waals surface area contributed by atoms with Gasteiger partial charge in [0.15, 0.2) is 5.11 Å². The van der Waals surface area contributed by atoms with Gasteiger partial charge in [0.1, 0.15) is 5.82 Å². The minimum atomic E-state index is -0.232. The first-order valence-corrected chi connectivity index (χ1v) is 8.31. The molecule has 4 heteroatoms. The Morgan fingerprint density at radius 1 is 1.00 bits per heavy atom. The molecule has 3 aromatic carbocycles. The van der Waals surface area contributed by atoms with Crippen molar-refractivity contribution in [2.45, 2.75) is 19.5 Å². The highest BCUT2D eigenvalue weighted by Gasteiger charge is 2.10. The van der Waals surface area contributed by atoms with Crippen molar-refractivity contribution < 1.29 is 4.39 Å². The summed E-state index contributed by atoms with van der Waals surface area (Å²) in [6, 6.07) is 21.1. The minimum Gasteiger partial charge on any atom is -0.359 e. The van der Waals surface area contributed by atoms with Crippen LogP contribution in [0.1, 0.15) is 24.1 Å². The largest absolute Gasteiger partial charge is 0.359 e. The third-order valence-electron chi connectivity index (χ3n) is 4.00. The zero-order valence-corrected chi connectivity index (χ0v) is 14.2. The van der Waals surface area contributed by atoms with Crippen molar-refractivity contribution in [1.82, 2.24) is 10.6 Å². The molecule has 2 N–H and O–H groups in total. The number of hydrogen-bond acceptors (Lipinski definition) is 1. The van der Waals surface area contributed by atoms with Crippen molar-refractivity contribution >= 4 is 28.1 Å². The Labute approximate surface area is 146 Å². The van der Waals surface area contributed by atoms with Gasteiger partial charge in [0, 0.05) is 6.54 Å². The van der Waals surface area contributed by atoms with Gasteiger partial charge in [-0.1, -0.05) is 54.6 Å². The lowest BCUT2D eigenvalue weighted by Gasteiger charge is -2.19. The minimum absolute atomic E-state index is 0.0873.